The summed E-state index contributed by atoms with van der Waals surface area (Å²) in [6.07, 6.45) is 2.22. The molecule has 0 heterocycles. The SMILES string of the molecule is COc1cccc(C=NNC(=O)Nc2ccccc2)c1OCCCOc1cc(C)ccc1C. The standard InChI is InChI=1S/C26H29N3O4/c1-19-13-14-20(2)24(17-19)32-15-8-16-33-25-21(9-7-12-23(25)31-3)18-27-29-26(30)28-22-10-5-4-6-11-22/h4-7,9-14,17-18H,8,15-16H2,1-3H3,(H2,28,29,30). The van der Waals surface area contributed by atoms with Crippen LogP contribution in [-0.4, -0.2) is 32.6 Å². The maximum atomic E-state index is 12.0. The Hall–Kier alpha value is -4.00. The van der Waals surface area contributed by atoms with E-state index in [-0.39, 0.29) is 0 Å². The third-order valence-corrected chi connectivity index (χ3v) is 4.77. The first-order chi connectivity index (χ1) is 16.1. The second kappa shape index (κ2) is 12.1. The maximum Gasteiger partial charge on any atom is 0.339 e. The summed E-state index contributed by atoms with van der Waals surface area (Å²) in [5.41, 5.74) is 6.08. The molecule has 172 valence electrons. The van der Waals surface area contributed by atoms with E-state index in [2.05, 4.69) is 28.0 Å². The Morgan fingerprint density at radius 1 is 0.939 bits per heavy atom. The number of rotatable bonds is 10. The molecule has 3 aromatic rings. The van der Waals surface area contributed by atoms with Gasteiger partial charge in [-0.1, -0.05) is 36.4 Å². The number of nitrogens with one attached hydrogen (secondary N) is 2. The molecule has 0 bridgehead atoms. The van der Waals surface area contributed by atoms with Gasteiger partial charge in [-0.15, -0.1) is 0 Å². The molecular weight excluding hydrogens is 418 g/mol. The fraction of sp³-hybridized carbons (Fsp3) is 0.231. The number of urea groups is 1. The number of hydrogen-bond donors (Lipinski definition) is 2. The zero-order valence-corrected chi connectivity index (χ0v) is 19.1. The molecule has 0 fully saturated rings. The molecule has 2 N–H and O–H groups in total. The highest BCUT2D eigenvalue weighted by atomic mass is 16.5. The molecule has 7 nitrogen and oxygen atoms in total. The van der Waals surface area contributed by atoms with Crippen LogP contribution in [0.25, 0.3) is 0 Å². The molecule has 3 rings (SSSR count). The van der Waals surface area contributed by atoms with E-state index in [1.54, 1.807) is 19.2 Å². The average Bonchev–Trinajstić information content (AvgIpc) is 2.82. The highest BCUT2D eigenvalue weighted by Crippen LogP contribution is 2.30. The Morgan fingerprint density at radius 3 is 2.52 bits per heavy atom. The Labute approximate surface area is 194 Å². The first kappa shape index (κ1) is 23.7. The lowest BCUT2D eigenvalue weighted by atomic mass is 10.1. The number of hydrazone groups is 1. The minimum atomic E-state index is -0.439. The molecule has 0 saturated carbocycles. The first-order valence-electron chi connectivity index (χ1n) is 10.7. The Balaban J connectivity index is 1.54. The van der Waals surface area contributed by atoms with Crippen molar-refractivity contribution in [3.8, 4) is 17.2 Å². The minimum absolute atomic E-state index is 0.438. The number of carbonyl (C=O) groups is 1. The lowest BCUT2D eigenvalue weighted by Gasteiger charge is -2.14. The number of ether oxygens (including phenoxy) is 3. The molecule has 0 aliphatic rings. The van der Waals surface area contributed by atoms with Crippen LogP contribution in [0.4, 0.5) is 10.5 Å². The fourth-order valence-electron chi connectivity index (χ4n) is 3.07. The number of aryl methyl sites for hydroxylation is 2. The van der Waals surface area contributed by atoms with Gasteiger partial charge >= 0.3 is 6.03 Å². The van der Waals surface area contributed by atoms with Gasteiger partial charge in [-0.05, 0) is 55.3 Å². The van der Waals surface area contributed by atoms with Crippen LogP contribution in [0.1, 0.15) is 23.1 Å². The Bertz CT molecular complexity index is 1080. The number of methoxy groups -OCH3 is 1. The largest absolute Gasteiger partial charge is 0.493 e. The van der Waals surface area contributed by atoms with Gasteiger partial charge in [0.2, 0.25) is 0 Å². The van der Waals surface area contributed by atoms with Crippen molar-refractivity contribution in [2.75, 3.05) is 25.6 Å². The number of benzene rings is 3. The molecule has 0 radical (unpaired) electrons. The lowest BCUT2D eigenvalue weighted by Crippen LogP contribution is -2.24. The summed E-state index contributed by atoms with van der Waals surface area (Å²) in [6.45, 7) is 5.04. The molecule has 0 aliphatic carbocycles. The first-order valence-corrected chi connectivity index (χ1v) is 10.7. The average molecular weight is 448 g/mol. The van der Waals surface area contributed by atoms with Gasteiger partial charge in [0.1, 0.15) is 5.75 Å². The molecular formula is C26H29N3O4. The van der Waals surface area contributed by atoms with E-state index >= 15 is 0 Å². The molecule has 0 atom stereocenters. The van der Waals surface area contributed by atoms with Gasteiger partial charge in [0.15, 0.2) is 11.5 Å². The molecule has 0 spiro atoms. The van der Waals surface area contributed by atoms with Gasteiger partial charge in [0, 0.05) is 17.7 Å². The van der Waals surface area contributed by atoms with Crippen molar-refractivity contribution in [2.45, 2.75) is 20.3 Å². The minimum Gasteiger partial charge on any atom is -0.493 e. The Kier molecular flexibility index (Phi) is 8.71. The van der Waals surface area contributed by atoms with E-state index in [4.69, 9.17) is 14.2 Å². The van der Waals surface area contributed by atoms with Crippen LogP contribution < -0.4 is 25.0 Å². The summed E-state index contributed by atoms with van der Waals surface area (Å²) in [7, 11) is 1.58. The number of anilines is 1. The summed E-state index contributed by atoms with van der Waals surface area (Å²) in [5, 5.41) is 6.73. The molecule has 0 unspecified atom stereocenters. The summed E-state index contributed by atoms with van der Waals surface area (Å²) in [4.78, 5) is 12.0. The van der Waals surface area contributed by atoms with E-state index in [1.807, 2.05) is 56.3 Å². The number of para-hydroxylation sites is 2. The lowest BCUT2D eigenvalue weighted by molar-refractivity contribution is 0.239. The second-order valence-electron chi connectivity index (χ2n) is 7.39. The smallest absolute Gasteiger partial charge is 0.339 e. The zero-order chi connectivity index (χ0) is 23.5. The monoisotopic (exact) mass is 447 g/mol. The van der Waals surface area contributed by atoms with Crippen molar-refractivity contribution in [3.05, 3.63) is 83.4 Å². The number of carbonyl (C=O) groups excluding carboxylic acids is 1. The molecule has 0 saturated heterocycles. The highest BCUT2D eigenvalue weighted by molar-refractivity contribution is 5.91. The zero-order valence-electron chi connectivity index (χ0n) is 19.1. The predicted molar refractivity (Wildman–Crippen MR) is 131 cm³/mol. The number of amides is 2. The van der Waals surface area contributed by atoms with Crippen LogP contribution in [0.3, 0.4) is 0 Å². The molecule has 33 heavy (non-hydrogen) atoms. The van der Waals surface area contributed by atoms with Gasteiger partial charge in [-0.25, -0.2) is 10.2 Å². The number of hydrogen-bond acceptors (Lipinski definition) is 5. The Morgan fingerprint density at radius 2 is 1.73 bits per heavy atom. The summed E-state index contributed by atoms with van der Waals surface area (Å²) < 4.78 is 17.3. The topological polar surface area (TPSA) is 81.2 Å². The van der Waals surface area contributed by atoms with E-state index < -0.39 is 6.03 Å². The summed E-state index contributed by atoms with van der Waals surface area (Å²) in [6, 6.07) is 20.3. The van der Waals surface area contributed by atoms with Gasteiger partial charge in [0.25, 0.3) is 0 Å². The van der Waals surface area contributed by atoms with Crippen LogP contribution in [0, 0.1) is 13.8 Å². The van der Waals surface area contributed by atoms with Crippen LogP contribution in [0.15, 0.2) is 71.8 Å². The highest BCUT2D eigenvalue weighted by Gasteiger charge is 2.10. The van der Waals surface area contributed by atoms with Crippen molar-refractivity contribution in [2.24, 2.45) is 5.10 Å². The fourth-order valence-corrected chi connectivity index (χ4v) is 3.07. The summed E-state index contributed by atoms with van der Waals surface area (Å²) in [5.74, 6) is 2.03. The van der Waals surface area contributed by atoms with E-state index in [0.29, 0.717) is 42.4 Å². The third kappa shape index (κ3) is 7.28. The van der Waals surface area contributed by atoms with E-state index in [9.17, 15) is 4.79 Å². The van der Waals surface area contributed by atoms with Crippen LogP contribution in [0.5, 0.6) is 17.2 Å². The molecule has 0 aliphatic heterocycles. The van der Waals surface area contributed by atoms with E-state index in [0.717, 1.165) is 16.9 Å². The van der Waals surface area contributed by atoms with Crippen LogP contribution >= 0.6 is 0 Å². The van der Waals surface area contributed by atoms with Gasteiger partial charge < -0.3 is 19.5 Å². The van der Waals surface area contributed by atoms with Crippen molar-refractivity contribution >= 4 is 17.9 Å². The number of nitrogens with zero attached hydrogens (tertiary/aromatic N) is 1. The predicted octanol–water partition coefficient (Wildman–Crippen LogP) is 5.32. The van der Waals surface area contributed by atoms with Crippen molar-refractivity contribution < 1.29 is 19.0 Å². The molecule has 0 aromatic heterocycles. The molecule has 3 aromatic carbocycles. The quantitative estimate of drug-likeness (QED) is 0.251. The molecule has 7 heteroatoms. The van der Waals surface area contributed by atoms with Crippen LogP contribution in [0.2, 0.25) is 0 Å². The van der Waals surface area contributed by atoms with Crippen molar-refractivity contribution in [3.63, 3.8) is 0 Å². The summed E-state index contributed by atoms with van der Waals surface area (Å²) >= 11 is 0. The third-order valence-electron chi connectivity index (χ3n) is 4.77. The van der Waals surface area contributed by atoms with Gasteiger partial charge in [-0.3, -0.25) is 0 Å². The van der Waals surface area contributed by atoms with Gasteiger partial charge in [-0.2, -0.15) is 5.10 Å². The van der Waals surface area contributed by atoms with Gasteiger partial charge in [0.05, 0.1) is 26.5 Å². The van der Waals surface area contributed by atoms with Crippen molar-refractivity contribution in [1.29, 1.82) is 0 Å². The van der Waals surface area contributed by atoms with Crippen LogP contribution in [-0.2, 0) is 0 Å². The van der Waals surface area contributed by atoms with Crippen molar-refractivity contribution in [1.82, 2.24) is 5.43 Å². The normalized spacial score (nSPS) is 10.6. The second-order valence-corrected chi connectivity index (χ2v) is 7.39. The molecule has 2 amide bonds. The maximum absolute atomic E-state index is 12.0. The van der Waals surface area contributed by atoms with E-state index in [1.165, 1.54) is 6.21 Å².